The number of tetrazole rings is 1. The minimum absolute atomic E-state index is 0.0518. The second-order valence-electron chi connectivity index (χ2n) is 7.33. The molecule has 1 atom stereocenters. The van der Waals surface area contributed by atoms with Crippen LogP contribution in [-0.2, 0) is 20.2 Å². The molecule has 0 spiro atoms. The number of unbranched alkanes of at least 4 members (excludes halogenated alkanes) is 1. The lowest BCUT2D eigenvalue weighted by Crippen LogP contribution is -2.42. The lowest BCUT2D eigenvalue weighted by molar-refractivity contribution is -0.130. The number of rotatable bonds is 7. The van der Waals surface area contributed by atoms with E-state index in [-0.39, 0.29) is 34.7 Å². The van der Waals surface area contributed by atoms with Gasteiger partial charge in [0.2, 0.25) is 11.1 Å². The molecular weight excluding hydrogens is 362 g/mol. The Balaban J connectivity index is 2.04. The Kier molecular flexibility index (Phi) is 6.47. The highest BCUT2D eigenvalue weighted by Crippen LogP contribution is 2.24. The van der Waals surface area contributed by atoms with Crippen molar-refractivity contribution in [3.8, 4) is 0 Å². The summed E-state index contributed by atoms with van der Waals surface area (Å²) in [5.41, 5.74) is -0.268. The van der Waals surface area contributed by atoms with E-state index in [4.69, 9.17) is 0 Å². The average Bonchev–Trinajstić information content (AvgIpc) is 3.11. The molecule has 142 valence electrons. The van der Waals surface area contributed by atoms with Crippen LogP contribution in [0.15, 0.2) is 5.16 Å². The summed E-state index contributed by atoms with van der Waals surface area (Å²) in [6.07, 6.45) is 2.35. The van der Waals surface area contributed by atoms with Crippen molar-refractivity contribution < 1.29 is 13.2 Å². The summed E-state index contributed by atoms with van der Waals surface area (Å²) < 4.78 is 25.2. The third kappa shape index (κ3) is 5.40. The van der Waals surface area contributed by atoms with Crippen LogP contribution in [0.1, 0.15) is 47.0 Å². The smallest absolute Gasteiger partial charge is 0.233 e. The fourth-order valence-electron chi connectivity index (χ4n) is 2.76. The number of amides is 1. The van der Waals surface area contributed by atoms with Crippen molar-refractivity contribution in [2.75, 3.05) is 23.8 Å². The normalized spacial score (nSPS) is 19.9. The van der Waals surface area contributed by atoms with Gasteiger partial charge in [-0.05, 0) is 44.0 Å². The van der Waals surface area contributed by atoms with Crippen molar-refractivity contribution >= 4 is 27.5 Å². The number of hydrogen-bond acceptors (Lipinski definition) is 7. The van der Waals surface area contributed by atoms with E-state index in [0.717, 1.165) is 12.8 Å². The van der Waals surface area contributed by atoms with Crippen LogP contribution in [-0.4, -0.2) is 69.3 Å². The molecule has 1 aliphatic heterocycles. The summed E-state index contributed by atoms with van der Waals surface area (Å²) in [5, 5.41) is 12.3. The molecule has 2 rings (SSSR count). The van der Waals surface area contributed by atoms with Crippen molar-refractivity contribution in [2.24, 2.45) is 0 Å². The summed E-state index contributed by atoms with van der Waals surface area (Å²) in [6.45, 7) is 8.63. The fraction of sp³-hybridized carbons (Fsp3) is 0.867. The monoisotopic (exact) mass is 389 g/mol. The van der Waals surface area contributed by atoms with Crippen molar-refractivity contribution in [2.45, 2.75) is 63.7 Å². The second kappa shape index (κ2) is 8.03. The molecule has 1 fully saturated rings. The molecule has 1 saturated heterocycles. The molecule has 8 nitrogen and oxygen atoms in total. The highest BCUT2D eigenvalue weighted by atomic mass is 32.2. The van der Waals surface area contributed by atoms with Gasteiger partial charge in [0.05, 0.1) is 22.8 Å². The summed E-state index contributed by atoms with van der Waals surface area (Å²) in [6, 6.07) is -0.205. The summed E-state index contributed by atoms with van der Waals surface area (Å²) in [4.78, 5) is 14.5. The third-order valence-electron chi connectivity index (χ3n) is 4.12. The van der Waals surface area contributed by atoms with E-state index in [9.17, 15) is 13.2 Å². The molecule has 0 saturated carbocycles. The summed E-state index contributed by atoms with van der Waals surface area (Å²) >= 11 is 1.30. The highest BCUT2D eigenvalue weighted by Gasteiger charge is 2.34. The van der Waals surface area contributed by atoms with Crippen LogP contribution in [0.4, 0.5) is 0 Å². The number of aromatic nitrogens is 4. The quantitative estimate of drug-likeness (QED) is 0.649. The van der Waals surface area contributed by atoms with Crippen LogP contribution in [0.3, 0.4) is 0 Å². The number of carbonyl (C=O) groups is 1. The van der Waals surface area contributed by atoms with Crippen LogP contribution in [0, 0.1) is 0 Å². The molecule has 2 heterocycles. The zero-order valence-corrected chi connectivity index (χ0v) is 16.9. The number of hydrogen-bond donors (Lipinski definition) is 0. The van der Waals surface area contributed by atoms with Crippen molar-refractivity contribution in [3.05, 3.63) is 0 Å². The van der Waals surface area contributed by atoms with Gasteiger partial charge in [-0.25, -0.2) is 13.1 Å². The first-order valence-electron chi connectivity index (χ1n) is 8.55. The maximum Gasteiger partial charge on any atom is 0.233 e. The van der Waals surface area contributed by atoms with E-state index in [0.29, 0.717) is 18.1 Å². The lowest BCUT2D eigenvalue weighted by Gasteiger charge is -2.28. The van der Waals surface area contributed by atoms with Gasteiger partial charge in [-0.1, -0.05) is 25.1 Å². The molecule has 0 radical (unpaired) electrons. The first kappa shape index (κ1) is 20.2. The molecule has 1 aromatic heterocycles. The van der Waals surface area contributed by atoms with Gasteiger partial charge in [0.1, 0.15) is 0 Å². The third-order valence-corrected chi connectivity index (χ3v) is 6.78. The van der Waals surface area contributed by atoms with Crippen molar-refractivity contribution in [1.82, 2.24) is 25.1 Å². The van der Waals surface area contributed by atoms with Gasteiger partial charge in [0, 0.05) is 12.6 Å². The van der Waals surface area contributed by atoms with E-state index >= 15 is 0 Å². The largest absolute Gasteiger partial charge is 0.338 e. The Hall–Kier alpha value is -1.16. The highest BCUT2D eigenvalue weighted by molar-refractivity contribution is 7.99. The lowest BCUT2D eigenvalue weighted by atomic mass is 10.1. The Labute approximate surface area is 153 Å². The Morgan fingerprint density at radius 2 is 2.12 bits per heavy atom. The molecule has 0 N–H and O–H groups in total. The molecular formula is C15H27N5O3S2. The van der Waals surface area contributed by atoms with Gasteiger partial charge in [-0.2, -0.15) is 0 Å². The van der Waals surface area contributed by atoms with E-state index in [1.54, 1.807) is 9.58 Å². The average molecular weight is 390 g/mol. The SMILES string of the molecule is CCCCN(C(=O)CSc1nnnn1C(C)(C)C)C1CCS(=O)(=O)C1. The van der Waals surface area contributed by atoms with Gasteiger partial charge < -0.3 is 4.90 Å². The molecule has 25 heavy (non-hydrogen) atoms. The minimum atomic E-state index is -3.02. The molecule has 0 aliphatic carbocycles. The predicted molar refractivity (Wildman–Crippen MR) is 97.2 cm³/mol. The Morgan fingerprint density at radius 3 is 2.68 bits per heavy atom. The number of thioether (sulfide) groups is 1. The maximum atomic E-state index is 12.7. The van der Waals surface area contributed by atoms with Crippen LogP contribution in [0.25, 0.3) is 0 Å². The topological polar surface area (TPSA) is 98.1 Å². The van der Waals surface area contributed by atoms with Gasteiger partial charge in [-0.15, -0.1) is 5.10 Å². The second-order valence-corrected chi connectivity index (χ2v) is 10.5. The van der Waals surface area contributed by atoms with E-state index in [1.807, 2.05) is 20.8 Å². The van der Waals surface area contributed by atoms with E-state index in [1.165, 1.54) is 11.8 Å². The van der Waals surface area contributed by atoms with Gasteiger partial charge in [-0.3, -0.25) is 4.79 Å². The van der Waals surface area contributed by atoms with E-state index in [2.05, 4.69) is 22.4 Å². The predicted octanol–water partition coefficient (Wildman–Crippen LogP) is 1.34. The van der Waals surface area contributed by atoms with Crippen LogP contribution < -0.4 is 0 Å². The fourth-order valence-corrected chi connectivity index (χ4v) is 5.44. The molecule has 0 aromatic carbocycles. The first-order chi connectivity index (χ1) is 11.6. The molecule has 1 unspecified atom stereocenters. The Morgan fingerprint density at radius 1 is 1.40 bits per heavy atom. The molecule has 0 bridgehead atoms. The van der Waals surface area contributed by atoms with E-state index < -0.39 is 9.84 Å². The maximum absolute atomic E-state index is 12.7. The summed E-state index contributed by atoms with van der Waals surface area (Å²) in [5.74, 6) is 0.399. The molecule has 10 heteroatoms. The van der Waals surface area contributed by atoms with Gasteiger partial charge in [0.25, 0.3) is 0 Å². The zero-order chi connectivity index (χ0) is 18.7. The Bertz CT molecular complexity index is 696. The van der Waals surface area contributed by atoms with Gasteiger partial charge >= 0.3 is 0 Å². The standard InChI is InChI=1S/C15H27N5O3S2/c1-5-6-8-19(12-7-9-25(22,23)11-12)13(21)10-24-14-16-17-18-20(14)15(2,3)4/h12H,5-11H2,1-4H3. The number of sulfone groups is 1. The number of nitrogens with zero attached hydrogens (tertiary/aromatic N) is 5. The first-order valence-corrected chi connectivity index (χ1v) is 11.4. The van der Waals surface area contributed by atoms with Crippen LogP contribution in [0.5, 0.6) is 0 Å². The molecule has 1 aliphatic rings. The molecule has 1 amide bonds. The van der Waals surface area contributed by atoms with Crippen LogP contribution >= 0.6 is 11.8 Å². The van der Waals surface area contributed by atoms with Crippen LogP contribution in [0.2, 0.25) is 0 Å². The molecule has 1 aromatic rings. The van der Waals surface area contributed by atoms with Gasteiger partial charge in [0.15, 0.2) is 9.84 Å². The summed E-state index contributed by atoms with van der Waals surface area (Å²) in [7, 11) is -3.02. The minimum Gasteiger partial charge on any atom is -0.338 e. The zero-order valence-electron chi connectivity index (χ0n) is 15.3. The number of carbonyl (C=O) groups excluding carboxylic acids is 1. The van der Waals surface area contributed by atoms with Crippen molar-refractivity contribution in [3.63, 3.8) is 0 Å². The van der Waals surface area contributed by atoms with Crippen molar-refractivity contribution in [1.29, 1.82) is 0 Å².